The molecule has 0 saturated carbocycles. The van der Waals surface area contributed by atoms with Gasteiger partial charge in [-0.05, 0) is 43.0 Å². The summed E-state index contributed by atoms with van der Waals surface area (Å²) < 4.78 is 19.3. The van der Waals surface area contributed by atoms with Gasteiger partial charge >= 0.3 is 0 Å². The normalized spacial score (nSPS) is 31.0. The summed E-state index contributed by atoms with van der Waals surface area (Å²) >= 11 is 6.17. The standard InChI is InChI=1S/C22H26ClN3O5/c1-11(24-2)14-7-8-26(21(14)25-3)22-18(28)17(27)20(31-22)19-15-6-5-13(23)9-12(15)10-16(29-4)30-19/h5-9,16-20,22,27-28H,3,10H2,1-2,4H3/b24-11-/t16?,17-,18+,19+,20-,22+/m0/s1. The largest absolute Gasteiger partial charge is 0.387 e. The smallest absolute Gasteiger partial charge is 0.164 e. The van der Waals surface area contributed by atoms with Gasteiger partial charge < -0.3 is 29.0 Å². The summed E-state index contributed by atoms with van der Waals surface area (Å²) in [7, 11) is 3.25. The average Bonchev–Trinajstić information content (AvgIpc) is 3.33. The van der Waals surface area contributed by atoms with Crippen LogP contribution in [0.4, 0.5) is 5.82 Å². The van der Waals surface area contributed by atoms with Crippen LogP contribution < -0.4 is 0 Å². The second-order valence-corrected chi connectivity index (χ2v) is 8.11. The van der Waals surface area contributed by atoms with Crippen molar-refractivity contribution in [1.82, 2.24) is 4.57 Å². The fourth-order valence-electron chi connectivity index (χ4n) is 4.27. The van der Waals surface area contributed by atoms with Crippen LogP contribution in [-0.2, 0) is 20.6 Å². The van der Waals surface area contributed by atoms with Gasteiger partial charge in [0.05, 0.1) is 0 Å². The number of nitrogens with zero attached hydrogens (tertiary/aromatic N) is 3. The summed E-state index contributed by atoms with van der Waals surface area (Å²) in [5.74, 6) is 0.506. The van der Waals surface area contributed by atoms with Gasteiger partial charge in [0, 0.05) is 43.1 Å². The molecular formula is C22H26ClN3O5. The van der Waals surface area contributed by atoms with Gasteiger partial charge in [-0.2, -0.15) is 0 Å². The molecule has 2 aromatic rings. The van der Waals surface area contributed by atoms with E-state index in [2.05, 4.69) is 16.7 Å². The topological polar surface area (TPSA) is 97.8 Å². The van der Waals surface area contributed by atoms with E-state index in [1.165, 1.54) is 0 Å². The van der Waals surface area contributed by atoms with Crippen molar-refractivity contribution in [1.29, 1.82) is 0 Å². The first-order valence-electron chi connectivity index (χ1n) is 9.99. The first-order chi connectivity index (χ1) is 14.9. The number of hydrogen-bond acceptors (Lipinski definition) is 7. The summed E-state index contributed by atoms with van der Waals surface area (Å²) in [5, 5.41) is 22.4. The molecular weight excluding hydrogens is 422 g/mol. The third-order valence-corrected chi connectivity index (χ3v) is 6.20. The van der Waals surface area contributed by atoms with E-state index in [9.17, 15) is 10.2 Å². The molecule has 0 aliphatic carbocycles. The highest BCUT2D eigenvalue weighted by molar-refractivity contribution is 6.30. The van der Waals surface area contributed by atoms with Crippen LogP contribution in [0, 0.1) is 0 Å². The number of aliphatic hydroxyl groups excluding tert-OH is 2. The second-order valence-electron chi connectivity index (χ2n) is 7.67. The Kier molecular flexibility index (Phi) is 6.30. The molecule has 166 valence electrons. The van der Waals surface area contributed by atoms with Crippen molar-refractivity contribution < 1.29 is 24.4 Å². The SMILES string of the molecule is C=Nc1c(/C(C)=N\C)ccn1[C@@H]1O[C@H]([C@@H]2OC(OC)Cc3cc(Cl)ccc32)[C@@H](O)[C@H]1O. The summed E-state index contributed by atoms with van der Waals surface area (Å²) in [4.78, 5) is 8.30. The number of methoxy groups -OCH3 is 1. The summed E-state index contributed by atoms with van der Waals surface area (Å²) in [6.07, 6.45) is -3.00. The van der Waals surface area contributed by atoms with E-state index in [0.717, 1.165) is 22.4 Å². The number of halogens is 1. The van der Waals surface area contributed by atoms with Gasteiger partial charge in [0.25, 0.3) is 0 Å². The minimum atomic E-state index is -1.20. The van der Waals surface area contributed by atoms with Crippen molar-refractivity contribution in [3.63, 3.8) is 0 Å². The Hall–Kier alpha value is -2.07. The van der Waals surface area contributed by atoms with Crippen molar-refractivity contribution in [3.05, 3.63) is 52.2 Å². The predicted octanol–water partition coefficient (Wildman–Crippen LogP) is 2.82. The van der Waals surface area contributed by atoms with Crippen molar-refractivity contribution in [2.24, 2.45) is 9.98 Å². The molecule has 1 aromatic carbocycles. The number of benzene rings is 1. The Morgan fingerprint density at radius 1 is 1.26 bits per heavy atom. The molecule has 1 aromatic heterocycles. The molecule has 8 nitrogen and oxygen atoms in total. The lowest BCUT2D eigenvalue weighted by atomic mass is 9.91. The van der Waals surface area contributed by atoms with Crippen LogP contribution in [-0.4, -0.2) is 66.0 Å². The third kappa shape index (κ3) is 3.84. The number of rotatable bonds is 5. The molecule has 4 rings (SSSR count). The van der Waals surface area contributed by atoms with Crippen molar-refractivity contribution in [2.45, 2.75) is 50.3 Å². The quantitative estimate of drug-likeness (QED) is 0.687. The fraction of sp³-hybridized carbons (Fsp3) is 0.455. The van der Waals surface area contributed by atoms with Crippen LogP contribution in [0.3, 0.4) is 0 Å². The van der Waals surface area contributed by atoms with Crippen LogP contribution >= 0.6 is 11.6 Å². The highest BCUT2D eigenvalue weighted by Gasteiger charge is 2.50. The predicted molar refractivity (Wildman–Crippen MR) is 117 cm³/mol. The Morgan fingerprint density at radius 2 is 2.03 bits per heavy atom. The lowest BCUT2D eigenvalue weighted by Gasteiger charge is -2.35. The molecule has 1 unspecified atom stereocenters. The lowest BCUT2D eigenvalue weighted by Crippen LogP contribution is -2.40. The zero-order valence-corrected chi connectivity index (χ0v) is 18.4. The van der Waals surface area contributed by atoms with E-state index >= 15 is 0 Å². The molecule has 0 amide bonds. The molecule has 31 heavy (non-hydrogen) atoms. The Morgan fingerprint density at radius 3 is 2.71 bits per heavy atom. The summed E-state index contributed by atoms with van der Waals surface area (Å²) in [6, 6.07) is 7.31. The molecule has 1 fully saturated rings. The van der Waals surface area contributed by atoms with E-state index in [4.69, 9.17) is 25.8 Å². The molecule has 0 spiro atoms. The molecule has 9 heteroatoms. The fourth-order valence-corrected chi connectivity index (χ4v) is 4.46. The summed E-state index contributed by atoms with van der Waals surface area (Å²) in [6.45, 7) is 5.51. The maximum Gasteiger partial charge on any atom is 0.164 e. The Bertz CT molecular complexity index is 1010. The van der Waals surface area contributed by atoms with Gasteiger partial charge in [0.15, 0.2) is 12.5 Å². The molecule has 1 saturated heterocycles. The van der Waals surface area contributed by atoms with Crippen LogP contribution in [0.5, 0.6) is 0 Å². The third-order valence-electron chi connectivity index (χ3n) is 5.97. The second kappa shape index (κ2) is 8.82. The lowest BCUT2D eigenvalue weighted by molar-refractivity contribution is -0.206. The first kappa shape index (κ1) is 22.1. The van der Waals surface area contributed by atoms with Crippen LogP contribution in [0.1, 0.15) is 35.9 Å². The van der Waals surface area contributed by atoms with Crippen molar-refractivity contribution in [3.8, 4) is 0 Å². The van der Waals surface area contributed by atoms with Gasteiger partial charge in [-0.3, -0.25) is 4.99 Å². The number of hydrogen-bond donors (Lipinski definition) is 2. The number of aliphatic hydroxyl groups is 2. The number of ether oxygens (including phenoxy) is 3. The highest BCUT2D eigenvalue weighted by atomic mass is 35.5. The van der Waals surface area contributed by atoms with E-state index in [1.807, 2.05) is 25.1 Å². The van der Waals surface area contributed by atoms with Gasteiger partial charge in [-0.1, -0.05) is 17.7 Å². The molecule has 2 aliphatic rings. The minimum Gasteiger partial charge on any atom is -0.387 e. The summed E-state index contributed by atoms with van der Waals surface area (Å²) in [5.41, 5.74) is 3.35. The van der Waals surface area contributed by atoms with Crippen LogP contribution in [0.25, 0.3) is 0 Å². The van der Waals surface area contributed by atoms with Crippen LogP contribution in [0.15, 0.2) is 40.4 Å². The zero-order valence-electron chi connectivity index (χ0n) is 17.6. The number of fused-ring (bicyclic) bond motifs is 1. The van der Waals surface area contributed by atoms with E-state index in [1.54, 1.807) is 31.0 Å². The van der Waals surface area contributed by atoms with E-state index in [-0.39, 0.29) is 0 Å². The van der Waals surface area contributed by atoms with E-state index < -0.39 is 36.9 Å². The van der Waals surface area contributed by atoms with Crippen LogP contribution in [0.2, 0.25) is 5.02 Å². The maximum absolute atomic E-state index is 10.9. The molecule has 2 aliphatic heterocycles. The molecule has 0 radical (unpaired) electrons. The maximum atomic E-state index is 10.9. The van der Waals surface area contributed by atoms with E-state index in [0.29, 0.717) is 17.3 Å². The van der Waals surface area contributed by atoms with Crippen molar-refractivity contribution >= 4 is 29.8 Å². The molecule has 0 bridgehead atoms. The minimum absolute atomic E-state index is 0.506. The van der Waals surface area contributed by atoms with Gasteiger partial charge in [-0.15, -0.1) is 0 Å². The first-order valence-corrected chi connectivity index (χ1v) is 10.4. The number of aromatic nitrogens is 1. The monoisotopic (exact) mass is 447 g/mol. The van der Waals surface area contributed by atoms with Gasteiger partial charge in [-0.25, -0.2) is 4.99 Å². The average molecular weight is 448 g/mol. The molecule has 6 atom stereocenters. The highest BCUT2D eigenvalue weighted by Crippen LogP contribution is 2.43. The van der Waals surface area contributed by atoms with Crippen molar-refractivity contribution in [2.75, 3.05) is 14.2 Å². The zero-order chi connectivity index (χ0) is 22.3. The molecule has 3 heterocycles. The Labute approximate surface area is 185 Å². The Balaban J connectivity index is 1.69. The van der Waals surface area contributed by atoms with Gasteiger partial charge in [0.1, 0.15) is 30.2 Å². The van der Waals surface area contributed by atoms with Gasteiger partial charge in [0.2, 0.25) is 0 Å². The number of aliphatic imine (C=N–C) groups is 2. The molecule has 2 N–H and O–H groups in total.